The molecule has 0 amide bonds. The predicted octanol–water partition coefficient (Wildman–Crippen LogP) is 1.86. The smallest absolute Gasteiger partial charge is 0.152 e. The van der Waals surface area contributed by atoms with Crippen LogP contribution in [-0.2, 0) is 4.79 Å². The molecule has 2 fully saturated rings. The number of carbonyl (C=O) groups is 1. The Balaban J connectivity index is 1.79. The number of carbonyl (C=O) groups excluding carboxylic acids is 1. The molecule has 2 rings (SSSR count). The van der Waals surface area contributed by atoms with Crippen molar-refractivity contribution in [2.24, 2.45) is 11.8 Å². The molecule has 1 aliphatic heterocycles. The van der Waals surface area contributed by atoms with E-state index < -0.39 is 0 Å². The van der Waals surface area contributed by atoms with E-state index in [0.29, 0.717) is 0 Å². The van der Waals surface area contributed by atoms with Crippen LogP contribution in [-0.4, -0.2) is 30.3 Å². The third-order valence-corrected chi connectivity index (χ3v) is 3.40. The van der Waals surface area contributed by atoms with E-state index in [9.17, 15) is 4.79 Å². The zero-order valence-electron chi connectivity index (χ0n) is 8.91. The molecule has 2 unspecified atom stereocenters. The van der Waals surface area contributed by atoms with Crippen LogP contribution in [0.5, 0.6) is 0 Å². The van der Waals surface area contributed by atoms with Gasteiger partial charge in [0.25, 0.3) is 0 Å². The van der Waals surface area contributed by atoms with E-state index in [1.54, 1.807) is 13.0 Å². The number of ketones is 1. The summed E-state index contributed by atoms with van der Waals surface area (Å²) in [6, 6.07) is 0. The Kier molecular flexibility index (Phi) is 3.02. The number of piperidine rings is 1. The van der Waals surface area contributed by atoms with E-state index >= 15 is 0 Å². The Morgan fingerprint density at radius 3 is 2.57 bits per heavy atom. The number of allylic oxidation sites excluding steroid dienone is 1. The summed E-state index contributed by atoms with van der Waals surface area (Å²) in [5.74, 6) is 2.05. The van der Waals surface area contributed by atoms with Crippen molar-refractivity contribution in [1.82, 2.24) is 4.90 Å². The minimum atomic E-state index is 0.157. The molecule has 0 aromatic carbocycles. The van der Waals surface area contributed by atoms with Gasteiger partial charge in [-0.2, -0.15) is 0 Å². The fourth-order valence-corrected chi connectivity index (χ4v) is 2.83. The molecule has 14 heavy (non-hydrogen) atoms. The molecule has 0 radical (unpaired) electrons. The molecule has 2 nitrogen and oxygen atoms in total. The van der Waals surface area contributed by atoms with Crippen molar-refractivity contribution in [3.05, 3.63) is 12.2 Å². The minimum absolute atomic E-state index is 0.157. The summed E-state index contributed by atoms with van der Waals surface area (Å²) in [5, 5.41) is 0. The molecule has 2 bridgehead atoms. The first kappa shape index (κ1) is 9.91. The molecule has 0 spiro atoms. The van der Waals surface area contributed by atoms with Gasteiger partial charge in [0.15, 0.2) is 5.78 Å². The van der Waals surface area contributed by atoms with Gasteiger partial charge >= 0.3 is 0 Å². The highest BCUT2D eigenvalue weighted by molar-refractivity contribution is 5.87. The number of likely N-dealkylation sites (tertiary alicyclic amines) is 1. The van der Waals surface area contributed by atoms with Crippen LogP contribution >= 0.6 is 0 Å². The number of nitrogens with zero attached hydrogens (tertiary/aromatic N) is 1. The summed E-state index contributed by atoms with van der Waals surface area (Å²) in [7, 11) is 0. The summed E-state index contributed by atoms with van der Waals surface area (Å²) < 4.78 is 0. The van der Waals surface area contributed by atoms with E-state index in [0.717, 1.165) is 18.4 Å². The van der Waals surface area contributed by atoms with Crippen molar-refractivity contribution in [3.63, 3.8) is 0 Å². The number of hydrogen-bond acceptors (Lipinski definition) is 2. The molecule has 78 valence electrons. The molecule has 1 heterocycles. The summed E-state index contributed by atoms with van der Waals surface area (Å²) in [5.41, 5.74) is 0. The largest absolute Gasteiger partial charge is 0.299 e. The van der Waals surface area contributed by atoms with Gasteiger partial charge in [-0.05, 0) is 44.1 Å². The predicted molar refractivity (Wildman–Crippen MR) is 57.1 cm³/mol. The summed E-state index contributed by atoms with van der Waals surface area (Å²) in [6.07, 6.45) is 8.01. The van der Waals surface area contributed by atoms with Crippen LogP contribution in [0.15, 0.2) is 12.2 Å². The highest BCUT2D eigenvalue weighted by atomic mass is 16.1. The Morgan fingerprint density at radius 1 is 1.36 bits per heavy atom. The average Bonchev–Trinajstić information content (AvgIpc) is 2.45. The zero-order valence-corrected chi connectivity index (χ0v) is 8.91. The van der Waals surface area contributed by atoms with E-state index in [4.69, 9.17) is 0 Å². The van der Waals surface area contributed by atoms with Gasteiger partial charge in [0.2, 0.25) is 0 Å². The lowest BCUT2D eigenvalue weighted by Gasteiger charge is -2.30. The molecule has 0 N–H and O–H groups in total. The molecular formula is C12H19NO. The number of rotatable bonds is 3. The first-order chi connectivity index (χ1) is 6.74. The van der Waals surface area contributed by atoms with Crippen molar-refractivity contribution >= 4 is 5.78 Å². The molecule has 1 saturated carbocycles. The third kappa shape index (κ3) is 2.44. The Morgan fingerprint density at radius 2 is 2.00 bits per heavy atom. The van der Waals surface area contributed by atoms with E-state index in [2.05, 4.69) is 4.90 Å². The van der Waals surface area contributed by atoms with Crippen LogP contribution < -0.4 is 0 Å². The molecule has 1 aliphatic carbocycles. The Bertz CT molecular complexity index is 235. The van der Waals surface area contributed by atoms with Crippen LogP contribution in [0.25, 0.3) is 0 Å². The van der Waals surface area contributed by atoms with Crippen molar-refractivity contribution in [2.75, 3.05) is 19.6 Å². The lowest BCUT2D eigenvalue weighted by atomic mass is 9.99. The van der Waals surface area contributed by atoms with Crippen LogP contribution in [0.1, 0.15) is 26.2 Å². The Hall–Kier alpha value is -0.630. The average molecular weight is 193 g/mol. The lowest BCUT2D eigenvalue weighted by Crippen LogP contribution is -2.36. The monoisotopic (exact) mass is 193 g/mol. The summed E-state index contributed by atoms with van der Waals surface area (Å²) in [6.45, 7) is 5.07. The molecule has 0 aromatic rings. The molecule has 0 aromatic heterocycles. The van der Waals surface area contributed by atoms with Gasteiger partial charge in [-0.1, -0.05) is 6.08 Å². The van der Waals surface area contributed by atoms with Gasteiger partial charge in [0.05, 0.1) is 0 Å². The van der Waals surface area contributed by atoms with Gasteiger partial charge in [0, 0.05) is 19.6 Å². The maximum atomic E-state index is 10.7. The minimum Gasteiger partial charge on any atom is -0.299 e. The number of fused-ring (bicyclic) bond motifs is 2. The molecule has 2 atom stereocenters. The van der Waals surface area contributed by atoms with E-state index in [1.165, 1.54) is 32.4 Å². The van der Waals surface area contributed by atoms with E-state index in [1.807, 2.05) is 6.08 Å². The maximum Gasteiger partial charge on any atom is 0.152 e. The molecular weight excluding hydrogens is 174 g/mol. The van der Waals surface area contributed by atoms with Crippen molar-refractivity contribution in [1.29, 1.82) is 0 Å². The van der Waals surface area contributed by atoms with Crippen LogP contribution in [0.3, 0.4) is 0 Å². The SMILES string of the molecule is CC(=O)/C=C/CN1CC2CCC(C2)C1. The molecule has 1 saturated heterocycles. The zero-order chi connectivity index (χ0) is 9.97. The summed E-state index contributed by atoms with van der Waals surface area (Å²) in [4.78, 5) is 13.2. The second kappa shape index (κ2) is 4.26. The second-order valence-electron chi connectivity index (χ2n) is 4.78. The van der Waals surface area contributed by atoms with Gasteiger partial charge in [-0.25, -0.2) is 0 Å². The van der Waals surface area contributed by atoms with Crippen molar-refractivity contribution in [3.8, 4) is 0 Å². The van der Waals surface area contributed by atoms with Gasteiger partial charge in [-0.3, -0.25) is 9.69 Å². The topological polar surface area (TPSA) is 20.3 Å². The Labute approximate surface area is 86.0 Å². The van der Waals surface area contributed by atoms with Crippen LogP contribution in [0, 0.1) is 11.8 Å². The van der Waals surface area contributed by atoms with Gasteiger partial charge in [-0.15, -0.1) is 0 Å². The third-order valence-electron chi connectivity index (χ3n) is 3.40. The van der Waals surface area contributed by atoms with Gasteiger partial charge < -0.3 is 0 Å². The molecule has 2 aliphatic rings. The normalized spacial score (nSPS) is 32.6. The van der Waals surface area contributed by atoms with E-state index in [-0.39, 0.29) is 5.78 Å². The van der Waals surface area contributed by atoms with Crippen LogP contribution in [0.4, 0.5) is 0 Å². The number of hydrogen-bond donors (Lipinski definition) is 0. The fourth-order valence-electron chi connectivity index (χ4n) is 2.83. The lowest BCUT2D eigenvalue weighted by molar-refractivity contribution is -0.112. The standard InChI is InChI=1S/C12H19NO/c1-10(14)3-2-6-13-8-11-4-5-12(7-11)9-13/h2-3,11-12H,4-9H2,1H3/b3-2+. The first-order valence-electron chi connectivity index (χ1n) is 5.63. The van der Waals surface area contributed by atoms with Crippen molar-refractivity contribution in [2.45, 2.75) is 26.2 Å². The van der Waals surface area contributed by atoms with Gasteiger partial charge in [0.1, 0.15) is 0 Å². The molecule has 2 heteroatoms. The highest BCUT2D eigenvalue weighted by Crippen LogP contribution is 2.35. The quantitative estimate of drug-likeness (QED) is 0.638. The van der Waals surface area contributed by atoms with Crippen molar-refractivity contribution < 1.29 is 4.79 Å². The summed E-state index contributed by atoms with van der Waals surface area (Å²) >= 11 is 0. The second-order valence-corrected chi connectivity index (χ2v) is 4.78. The van der Waals surface area contributed by atoms with Crippen LogP contribution in [0.2, 0.25) is 0 Å². The fraction of sp³-hybridized carbons (Fsp3) is 0.750. The first-order valence-corrected chi connectivity index (χ1v) is 5.63. The highest BCUT2D eigenvalue weighted by Gasteiger charge is 2.31. The maximum absolute atomic E-state index is 10.7.